The molecule has 1 unspecified atom stereocenters. The van der Waals surface area contributed by atoms with Gasteiger partial charge in [0, 0.05) is 13.1 Å². The quantitative estimate of drug-likeness (QED) is 0.883. The average molecular weight is 258 g/mol. The van der Waals surface area contributed by atoms with E-state index in [1.54, 1.807) is 4.68 Å². The first-order valence-electron chi connectivity index (χ1n) is 6.67. The molecule has 1 saturated heterocycles. The number of piperidine rings is 1. The van der Waals surface area contributed by atoms with Gasteiger partial charge in [0.2, 0.25) is 5.95 Å². The molecule has 1 atom stereocenters. The van der Waals surface area contributed by atoms with Crippen LogP contribution in [0.25, 0.3) is 5.69 Å². The summed E-state index contributed by atoms with van der Waals surface area (Å²) in [5.74, 6) is 1.35. The van der Waals surface area contributed by atoms with Gasteiger partial charge in [0.25, 0.3) is 0 Å². The topological polar surface area (TPSA) is 72.9 Å². The molecule has 3 rings (SSSR count). The summed E-state index contributed by atoms with van der Waals surface area (Å²) in [7, 11) is 0. The van der Waals surface area contributed by atoms with Gasteiger partial charge in [0.05, 0.1) is 5.69 Å². The van der Waals surface area contributed by atoms with Crippen LogP contribution < -0.4 is 10.6 Å². The summed E-state index contributed by atoms with van der Waals surface area (Å²) in [6.45, 7) is 2.65. The Morgan fingerprint density at radius 2 is 2.11 bits per heavy atom. The van der Waals surface area contributed by atoms with Gasteiger partial charge in [-0.1, -0.05) is 23.3 Å². The second-order valence-corrected chi connectivity index (χ2v) is 4.92. The third-order valence-electron chi connectivity index (χ3n) is 3.59. The Labute approximate surface area is 112 Å². The molecule has 2 N–H and O–H groups in total. The highest BCUT2D eigenvalue weighted by Crippen LogP contribution is 2.22. The fraction of sp³-hybridized carbons (Fsp3) is 0.462. The normalized spacial score (nSPS) is 19.6. The molecule has 1 fully saturated rings. The van der Waals surface area contributed by atoms with Gasteiger partial charge >= 0.3 is 0 Å². The average Bonchev–Trinajstić information content (AvgIpc) is 2.98. The molecule has 0 bridgehead atoms. The fourth-order valence-electron chi connectivity index (χ4n) is 2.55. The fourth-order valence-corrected chi connectivity index (χ4v) is 2.55. The van der Waals surface area contributed by atoms with Crippen molar-refractivity contribution >= 4 is 5.95 Å². The van der Waals surface area contributed by atoms with Crippen molar-refractivity contribution in [2.75, 3.05) is 24.5 Å². The largest absolute Gasteiger partial charge is 0.339 e. The zero-order chi connectivity index (χ0) is 13.1. The molecule has 1 aromatic carbocycles. The third-order valence-corrected chi connectivity index (χ3v) is 3.59. The van der Waals surface area contributed by atoms with Crippen LogP contribution in [0.5, 0.6) is 0 Å². The van der Waals surface area contributed by atoms with E-state index in [9.17, 15) is 0 Å². The molecule has 6 nitrogen and oxygen atoms in total. The molecule has 0 amide bonds. The van der Waals surface area contributed by atoms with Crippen LogP contribution in [-0.2, 0) is 0 Å². The number of hydrogen-bond donors (Lipinski definition) is 1. The number of para-hydroxylation sites is 1. The van der Waals surface area contributed by atoms with E-state index in [4.69, 9.17) is 5.73 Å². The Hall–Kier alpha value is -1.95. The Morgan fingerprint density at radius 1 is 1.26 bits per heavy atom. The summed E-state index contributed by atoms with van der Waals surface area (Å²) < 4.78 is 1.79. The summed E-state index contributed by atoms with van der Waals surface area (Å²) in [5, 5.41) is 12.1. The second kappa shape index (κ2) is 5.36. The lowest BCUT2D eigenvalue weighted by molar-refractivity contribution is 0.418. The van der Waals surface area contributed by atoms with Crippen LogP contribution in [0, 0.1) is 5.92 Å². The Balaban J connectivity index is 1.88. The highest BCUT2D eigenvalue weighted by Gasteiger charge is 2.23. The molecule has 0 radical (unpaired) electrons. The van der Waals surface area contributed by atoms with Crippen molar-refractivity contribution in [3.8, 4) is 5.69 Å². The van der Waals surface area contributed by atoms with Crippen molar-refractivity contribution in [2.24, 2.45) is 11.7 Å². The van der Waals surface area contributed by atoms with E-state index in [1.807, 2.05) is 30.3 Å². The van der Waals surface area contributed by atoms with Gasteiger partial charge in [-0.2, -0.15) is 4.68 Å². The van der Waals surface area contributed by atoms with Crippen molar-refractivity contribution in [3.05, 3.63) is 30.3 Å². The van der Waals surface area contributed by atoms with Gasteiger partial charge in [-0.3, -0.25) is 0 Å². The predicted molar refractivity (Wildman–Crippen MR) is 73.1 cm³/mol. The van der Waals surface area contributed by atoms with E-state index < -0.39 is 0 Å². The van der Waals surface area contributed by atoms with Crippen LogP contribution in [0.1, 0.15) is 12.8 Å². The third kappa shape index (κ3) is 2.44. The van der Waals surface area contributed by atoms with Crippen LogP contribution in [-0.4, -0.2) is 39.8 Å². The van der Waals surface area contributed by atoms with Crippen molar-refractivity contribution in [2.45, 2.75) is 12.8 Å². The lowest BCUT2D eigenvalue weighted by Crippen LogP contribution is -2.39. The minimum atomic E-state index is 0.537. The molecule has 100 valence electrons. The maximum absolute atomic E-state index is 5.78. The van der Waals surface area contributed by atoms with Crippen LogP contribution in [0.2, 0.25) is 0 Å². The summed E-state index contributed by atoms with van der Waals surface area (Å²) in [6.07, 6.45) is 2.34. The number of tetrazole rings is 1. The lowest BCUT2D eigenvalue weighted by atomic mass is 9.99. The number of nitrogens with zero attached hydrogens (tertiary/aromatic N) is 5. The molecular formula is C13H18N6. The summed E-state index contributed by atoms with van der Waals surface area (Å²) in [5.41, 5.74) is 6.77. The first-order valence-corrected chi connectivity index (χ1v) is 6.67. The van der Waals surface area contributed by atoms with E-state index in [0.717, 1.165) is 37.7 Å². The van der Waals surface area contributed by atoms with Crippen molar-refractivity contribution in [3.63, 3.8) is 0 Å². The van der Waals surface area contributed by atoms with Gasteiger partial charge in [-0.25, -0.2) is 0 Å². The van der Waals surface area contributed by atoms with Gasteiger partial charge < -0.3 is 10.6 Å². The molecule has 2 heterocycles. The van der Waals surface area contributed by atoms with E-state index in [-0.39, 0.29) is 0 Å². The molecule has 1 aliphatic rings. The van der Waals surface area contributed by atoms with Crippen LogP contribution in [0.15, 0.2) is 30.3 Å². The van der Waals surface area contributed by atoms with Crippen LogP contribution >= 0.6 is 0 Å². The molecule has 0 spiro atoms. The monoisotopic (exact) mass is 258 g/mol. The standard InChI is InChI=1S/C13H18N6/c14-9-11-5-4-8-18(10-11)13-15-16-17-19(13)12-6-2-1-3-7-12/h1-3,6-7,11H,4-5,8-10,14H2. The number of benzene rings is 1. The summed E-state index contributed by atoms with van der Waals surface area (Å²) in [4.78, 5) is 2.23. The summed E-state index contributed by atoms with van der Waals surface area (Å²) in [6, 6.07) is 9.96. The molecule has 19 heavy (non-hydrogen) atoms. The van der Waals surface area contributed by atoms with E-state index in [0.29, 0.717) is 5.92 Å². The van der Waals surface area contributed by atoms with Gasteiger partial charge in [0.15, 0.2) is 0 Å². The minimum absolute atomic E-state index is 0.537. The lowest BCUT2D eigenvalue weighted by Gasteiger charge is -2.32. The van der Waals surface area contributed by atoms with E-state index >= 15 is 0 Å². The van der Waals surface area contributed by atoms with Gasteiger partial charge in [0.1, 0.15) is 0 Å². The second-order valence-electron chi connectivity index (χ2n) is 4.92. The maximum atomic E-state index is 5.78. The molecule has 2 aromatic rings. The Morgan fingerprint density at radius 3 is 2.89 bits per heavy atom. The number of rotatable bonds is 3. The van der Waals surface area contributed by atoms with Crippen LogP contribution in [0.3, 0.4) is 0 Å². The summed E-state index contributed by atoms with van der Waals surface area (Å²) >= 11 is 0. The van der Waals surface area contributed by atoms with Crippen molar-refractivity contribution < 1.29 is 0 Å². The van der Waals surface area contributed by atoms with Gasteiger partial charge in [-0.15, -0.1) is 0 Å². The minimum Gasteiger partial charge on any atom is -0.339 e. The number of anilines is 1. The van der Waals surface area contributed by atoms with E-state index in [1.165, 1.54) is 6.42 Å². The Kier molecular flexibility index (Phi) is 3.41. The van der Waals surface area contributed by atoms with Crippen molar-refractivity contribution in [1.29, 1.82) is 0 Å². The molecule has 6 heteroatoms. The highest BCUT2D eigenvalue weighted by atomic mass is 15.6. The van der Waals surface area contributed by atoms with Gasteiger partial charge in [-0.05, 0) is 47.9 Å². The first-order chi connectivity index (χ1) is 9.38. The predicted octanol–water partition coefficient (Wildman–Crippen LogP) is 0.837. The molecule has 0 aliphatic carbocycles. The first kappa shape index (κ1) is 12.1. The highest BCUT2D eigenvalue weighted by molar-refractivity contribution is 5.40. The van der Waals surface area contributed by atoms with Crippen molar-refractivity contribution in [1.82, 2.24) is 20.2 Å². The number of hydrogen-bond acceptors (Lipinski definition) is 5. The number of aromatic nitrogens is 4. The molecule has 1 aromatic heterocycles. The zero-order valence-electron chi connectivity index (χ0n) is 10.8. The smallest absolute Gasteiger partial charge is 0.250 e. The van der Waals surface area contributed by atoms with Crippen LogP contribution in [0.4, 0.5) is 5.95 Å². The Bertz CT molecular complexity index is 523. The SMILES string of the molecule is NCC1CCCN(c2nnnn2-c2ccccc2)C1. The molecular weight excluding hydrogens is 240 g/mol. The molecule has 1 aliphatic heterocycles. The number of nitrogens with two attached hydrogens (primary N) is 1. The van der Waals surface area contributed by atoms with E-state index in [2.05, 4.69) is 20.4 Å². The maximum Gasteiger partial charge on any atom is 0.250 e. The zero-order valence-corrected chi connectivity index (χ0v) is 10.8. The molecule has 0 saturated carbocycles.